The number of nitrogens with zero attached hydrogens (tertiary/aromatic N) is 4. The van der Waals surface area contributed by atoms with Crippen LogP contribution in [0.4, 0.5) is 0 Å². The maximum absolute atomic E-state index is 11.9. The zero-order chi connectivity index (χ0) is 14.0. The summed E-state index contributed by atoms with van der Waals surface area (Å²) in [5.41, 5.74) is 0.462. The summed E-state index contributed by atoms with van der Waals surface area (Å²) in [5.74, 6) is -1.72. The second-order valence-corrected chi connectivity index (χ2v) is 4.03. The van der Waals surface area contributed by atoms with Crippen LogP contribution in [0.15, 0.2) is 18.5 Å². The molecule has 0 aliphatic carbocycles. The zero-order valence-electron chi connectivity index (χ0n) is 10.5. The summed E-state index contributed by atoms with van der Waals surface area (Å²) in [7, 11) is 3.33. The van der Waals surface area contributed by atoms with Crippen molar-refractivity contribution in [2.24, 2.45) is 14.1 Å². The van der Waals surface area contributed by atoms with E-state index in [-0.39, 0.29) is 17.8 Å². The van der Waals surface area contributed by atoms with Crippen LogP contribution in [0.25, 0.3) is 0 Å². The van der Waals surface area contributed by atoms with Crippen molar-refractivity contribution < 1.29 is 14.7 Å². The van der Waals surface area contributed by atoms with E-state index in [0.717, 1.165) is 0 Å². The van der Waals surface area contributed by atoms with Crippen molar-refractivity contribution in [3.8, 4) is 0 Å². The Kier molecular flexibility index (Phi) is 3.32. The van der Waals surface area contributed by atoms with Crippen LogP contribution in [-0.4, -0.2) is 36.5 Å². The summed E-state index contributed by atoms with van der Waals surface area (Å²) < 4.78 is 2.91. The lowest BCUT2D eigenvalue weighted by Gasteiger charge is -2.01. The Balaban J connectivity index is 2.09. The normalized spacial score (nSPS) is 10.4. The van der Waals surface area contributed by atoms with Gasteiger partial charge in [0.05, 0.1) is 17.8 Å². The number of carbonyl (C=O) groups is 2. The van der Waals surface area contributed by atoms with Crippen molar-refractivity contribution in [3.05, 3.63) is 35.4 Å². The van der Waals surface area contributed by atoms with Crippen molar-refractivity contribution >= 4 is 11.9 Å². The molecule has 0 fully saturated rings. The molecule has 0 aliphatic rings. The first-order valence-electron chi connectivity index (χ1n) is 5.51. The number of amides is 1. The minimum Gasteiger partial charge on any atom is -0.476 e. The molecule has 0 saturated carbocycles. The molecule has 0 unspecified atom stereocenters. The van der Waals surface area contributed by atoms with Crippen LogP contribution in [0.1, 0.15) is 26.5 Å². The fourth-order valence-electron chi connectivity index (χ4n) is 1.64. The summed E-state index contributed by atoms with van der Waals surface area (Å²) >= 11 is 0. The van der Waals surface area contributed by atoms with E-state index in [2.05, 4.69) is 15.5 Å². The quantitative estimate of drug-likeness (QED) is 0.794. The summed E-state index contributed by atoms with van der Waals surface area (Å²) in [4.78, 5) is 22.8. The summed E-state index contributed by atoms with van der Waals surface area (Å²) in [6.07, 6.45) is 3.13. The number of carbonyl (C=O) groups excluding carboxylic acids is 1. The Bertz CT molecular complexity index is 628. The molecule has 0 aliphatic heterocycles. The van der Waals surface area contributed by atoms with E-state index in [4.69, 9.17) is 5.11 Å². The van der Waals surface area contributed by atoms with E-state index in [1.165, 1.54) is 10.9 Å². The van der Waals surface area contributed by atoms with Crippen LogP contribution in [-0.2, 0) is 20.6 Å². The highest BCUT2D eigenvalue weighted by Gasteiger charge is 2.20. The third-order valence-electron chi connectivity index (χ3n) is 2.47. The van der Waals surface area contributed by atoms with Crippen molar-refractivity contribution in [2.75, 3.05) is 0 Å². The lowest BCUT2D eigenvalue weighted by Crippen LogP contribution is -2.24. The maximum atomic E-state index is 11.9. The third-order valence-corrected chi connectivity index (χ3v) is 2.47. The molecule has 2 aromatic heterocycles. The first-order chi connectivity index (χ1) is 8.97. The molecule has 2 heterocycles. The molecule has 1 amide bonds. The smallest absolute Gasteiger partial charge is 0.357 e. The minimum atomic E-state index is -1.23. The Morgan fingerprint density at radius 3 is 2.63 bits per heavy atom. The van der Waals surface area contributed by atoms with E-state index in [1.54, 1.807) is 31.0 Å². The topological polar surface area (TPSA) is 102 Å². The lowest BCUT2D eigenvalue weighted by molar-refractivity contribution is 0.0684. The number of nitrogens with one attached hydrogen (secondary N) is 1. The fourth-order valence-corrected chi connectivity index (χ4v) is 1.64. The van der Waals surface area contributed by atoms with Gasteiger partial charge in [-0.2, -0.15) is 10.2 Å². The Morgan fingerprint density at radius 2 is 2.05 bits per heavy atom. The molecule has 0 bridgehead atoms. The fraction of sp³-hybridized carbons (Fsp3) is 0.273. The van der Waals surface area contributed by atoms with Gasteiger partial charge < -0.3 is 10.4 Å². The molecule has 2 N–H and O–H groups in total. The number of hydrogen-bond acceptors (Lipinski definition) is 4. The number of carboxylic acid groups (broad SMARTS) is 1. The number of aryl methyl sites for hydroxylation is 2. The van der Waals surface area contributed by atoms with Crippen LogP contribution in [0.2, 0.25) is 0 Å². The molecule has 19 heavy (non-hydrogen) atoms. The SMILES string of the molecule is Cn1ccc(CNC(=O)c2cn(C)nc2C(=O)O)n1. The maximum Gasteiger partial charge on any atom is 0.357 e. The molecule has 0 radical (unpaired) electrons. The first-order valence-corrected chi connectivity index (χ1v) is 5.51. The number of rotatable bonds is 4. The second kappa shape index (κ2) is 4.92. The van der Waals surface area contributed by atoms with Crippen LogP contribution >= 0.6 is 0 Å². The largest absolute Gasteiger partial charge is 0.476 e. The third kappa shape index (κ3) is 2.79. The van der Waals surface area contributed by atoms with Gasteiger partial charge in [-0.15, -0.1) is 0 Å². The average Bonchev–Trinajstić information content (AvgIpc) is 2.92. The zero-order valence-corrected chi connectivity index (χ0v) is 10.5. The van der Waals surface area contributed by atoms with Crippen LogP contribution in [0, 0.1) is 0 Å². The van der Waals surface area contributed by atoms with E-state index < -0.39 is 11.9 Å². The van der Waals surface area contributed by atoms with Gasteiger partial charge in [-0.25, -0.2) is 4.79 Å². The molecule has 8 nitrogen and oxygen atoms in total. The average molecular weight is 263 g/mol. The van der Waals surface area contributed by atoms with Gasteiger partial charge in [-0.3, -0.25) is 14.2 Å². The molecule has 2 aromatic rings. The number of aromatic carboxylic acids is 1. The second-order valence-electron chi connectivity index (χ2n) is 4.03. The molecule has 8 heteroatoms. The van der Waals surface area contributed by atoms with Crippen molar-refractivity contribution in [1.29, 1.82) is 0 Å². The molecule has 0 spiro atoms. The summed E-state index contributed by atoms with van der Waals surface area (Å²) in [6, 6.07) is 1.77. The Hall–Kier alpha value is -2.64. The summed E-state index contributed by atoms with van der Waals surface area (Å²) in [6.45, 7) is 0.230. The summed E-state index contributed by atoms with van der Waals surface area (Å²) in [5, 5.41) is 19.4. The molecule has 100 valence electrons. The molecular formula is C11H13N5O3. The van der Waals surface area contributed by atoms with Crippen LogP contribution < -0.4 is 5.32 Å². The van der Waals surface area contributed by atoms with Gasteiger partial charge in [0.1, 0.15) is 0 Å². The van der Waals surface area contributed by atoms with Crippen LogP contribution in [0.3, 0.4) is 0 Å². The van der Waals surface area contributed by atoms with Gasteiger partial charge in [0.15, 0.2) is 5.69 Å². The molecule has 0 saturated heterocycles. The lowest BCUT2D eigenvalue weighted by atomic mass is 10.2. The van der Waals surface area contributed by atoms with Gasteiger partial charge in [-0.05, 0) is 6.07 Å². The van der Waals surface area contributed by atoms with Crippen molar-refractivity contribution in [2.45, 2.75) is 6.54 Å². The van der Waals surface area contributed by atoms with E-state index >= 15 is 0 Å². The number of aromatic nitrogens is 4. The standard InChI is InChI=1S/C11H13N5O3/c1-15-4-3-7(13-15)5-12-10(17)8-6-16(2)14-9(8)11(18)19/h3-4,6H,5H2,1-2H3,(H,12,17)(H,18,19). The van der Waals surface area contributed by atoms with Crippen molar-refractivity contribution in [3.63, 3.8) is 0 Å². The van der Waals surface area contributed by atoms with Gasteiger partial charge in [-0.1, -0.05) is 0 Å². The predicted molar refractivity (Wildman–Crippen MR) is 64.5 cm³/mol. The predicted octanol–water partition coefficient (Wildman–Crippen LogP) is -0.218. The first kappa shape index (κ1) is 12.8. The van der Waals surface area contributed by atoms with Crippen molar-refractivity contribution in [1.82, 2.24) is 24.9 Å². The Morgan fingerprint density at radius 1 is 1.32 bits per heavy atom. The van der Waals surface area contributed by atoms with Crippen LogP contribution in [0.5, 0.6) is 0 Å². The van der Waals surface area contributed by atoms with E-state index in [9.17, 15) is 9.59 Å². The Labute approximate surface area is 108 Å². The number of hydrogen-bond donors (Lipinski definition) is 2. The van der Waals surface area contributed by atoms with E-state index in [1.807, 2.05) is 0 Å². The molecular weight excluding hydrogens is 250 g/mol. The van der Waals surface area contributed by atoms with Gasteiger partial charge in [0.25, 0.3) is 5.91 Å². The monoisotopic (exact) mass is 263 g/mol. The molecule has 2 rings (SSSR count). The van der Waals surface area contributed by atoms with Gasteiger partial charge in [0.2, 0.25) is 0 Å². The highest BCUT2D eigenvalue weighted by Crippen LogP contribution is 2.06. The van der Waals surface area contributed by atoms with Gasteiger partial charge >= 0.3 is 5.97 Å². The minimum absolute atomic E-state index is 0.0333. The molecule has 0 aromatic carbocycles. The highest BCUT2D eigenvalue weighted by molar-refractivity contribution is 6.03. The van der Waals surface area contributed by atoms with Gasteiger partial charge in [0, 0.05) is 26.5 Å². The van der Waals surface area contributed by atoms with E-state index in [0.29, 0.717) is 5.69 Å². The molecule has 0 atom stereocenters. The number of carboxylic acids is 1. The highest BCUT2D eigenvalue weighted by atomic mass is 16.4.